The second kappa shape index (κ2) is 6.69. The van der Waals surface area contributed by atoms with E-state index < -0.39 is 15.4 Å². The molecule has 0 amide bonds. The van der Waals surface area contributed by atoms with Crippen molar-refractivity contribution in [3.63, 3.8) is 0 Å². The van der Waals surface area contributed by atoms with E-state index in [1.165, 1.54) is 6.26 Å². The van der Waals surface area contributed by atoms with Gasteiger partial charge in [-0.3, -0.25) is 0 Å². The Bertz CT molecular complexity index is 571. The van der Waals surface area contributed by atoms with Crippen LogP contribution in [0.25, 0.3) is 0 Å². The third-order valence-corrected chi connectivity index (χ3v) is 6.46. The molecule has 3 N–H and O–H groups in total. The van der Waals surface area contributed by atoms with Gasteiger partial charge in [0.15, 0.2) is 9.84 Å². The Morgan fingerprint density at radius 1 is 1.38 bits per heavy atom. The van der Waals surface area contributed by atoms with Gasteiger partial charge < -0.3 is 10.8 Å². The van der Waals surface area contributed by atoms with Crippen molar-refractivity contribution < 1.29 is 13.5 Å². The zero-order chi connectivity index (χ0) is 15.5. The lowest BCUT2D eigenvalue weighted by atomic mass is 9.87. The highest BCUT2D eigenvalue weighted by atomic mass is 32.2. The predicted molar refractivity (Wildman–Crippen MR) is 86.2 cm³/mol. The Hall–Kier alpha value is -0.560. The molecule has 0 radical (unpaired) electrons. The van der Waals surface area contributed by atoms with Crippen molar-refractivity contribution in [2.75, 3.05) is 18.6 Å². The summed E-state index contributed by atoms with van der Waals surface area (Å²) in [5.41, 5.74) is 5.82. The summed E-state index contributed by atoms with van der Waals surface area (Å²) in [6.45, 7) is 0.0609. The average molecular weight is 329 g/mol. The van der Waals surface area contributed by atoms with Gasteiger partial charge in [0.2, 0.25) is 0 Å². The Morgan fingerprint density at radius 3 is 2.62 bits per heavy atom. The molecule has 0 spiro atoms. The highest BCUT2D eigenvalue weighted by Crippen LogP contribution is 2.37. The number of aliphatic hydroxyl groups excluding tert-OH is 1. The number of benzene rings is 1. The van der Waals surface area contributed by atoms with Crippen LogP contribution in [0.2, 0.25) is 0 Å². The standard InChI is InChI=1S/C15H23NO3S2/c1-21(18,19)14-6-4-13(5-7-14)20-10-8-12-3-2-9-15(12,16)11-17/h4-7,12,17H,2-3,8-11,16H2,1H3. The van der Waals surface area contributed by atoms with E-state index in [-0.39, 0.29) is 6.61 Å². The van der Waals surface area contributed by atoms with Crippen LogP contribution < -0.4 is 5.73 Å². The summed E-state index contributed by atoms with van der Waals surface area (Å²) in [7, 11) is -3.13. The van der Waals surface area contributed by atoms with Crippen molar-refractivity contribution in [3.8, 4) is 0 Å². The summed E-state index contributed by atoms with van der Waals surface area (Å²) in [5, 5.41) is 9.43. The van der Waals surface area contributed by atoms with E-state index in [9.17, 15) is 13.5 Å². The smallest absolute Gasteiger partial charge is 0.175 e. The maximum Gasteiger partial charge on any atom is 0.175 e. The van der Waals surface area contributed by atoms with Gasteiger partial charge in [-0.15, -0.1) is 11.8 Å². The maximum atomic E-state index is 11.4. The minimum atomic E-state index is -3.13. The Morgan fingerprint density at radius 2 is 2.05 bits per heavy atom. The van der Waals surface area contributed by atoms with Crippen LogP contribution in [0.3, 0.4) is 0 Å². The molecular formula is C15H23NO3S2. The van der Waals surface area contributed by atoms with E-state index in [1.807, 2.05) is 12.1 Å². The molecule has 1 aliphatic rings. The number of rotatable bonds is 6. The second-order valence-electron chi connectivity index (χ2n) is 5.86. The number of thioether (sulfide) groups is 1. The quantitative estimate of drug-likeness (QED) is 0.781. The first kappa shape index (κ1) is 16.8. The van der Waals surface area contributed by atoms with Crippen molar-refractivity contribution in [2.24, 2.45) is 11.7 Å². The van der Waals surface area contributed by atoms with Crippen LogP contribution in [0.1, 0.15) is 25.7 Å². The molecule has 1 saturated carbocycles. The molecule has 1 aromatic carbocycles. The van der Waals surface area contributed by atoms with Crippen LogP contribution in [0.4, 0.5) is 0 Å². The molecule has 1 aromatic rings. The van der Waals surface area contributed by atoms with E-state index in [0.29, 0.717) is 10.8 Å². The maximum absolute atomic E-state index is 11.4. The zero-order valence-electron chi connectivity index (χ0n) is 12.3. The molecule has 0 heterocycles. The van der Waals surface area contributed by atoms with Crippen LogP contribution in [0, 0.1) is 5.92 Å². The third kappa shape index (κ3) is 4.22. The van der Waals surface area contributed by atoms with Gasteiger partial charge in [-0.05, 0) is 55.2 Å². The fourth-order valence-electron chi connectivity index (χ4n) is 2.91. The van der Waals surface area contributed by atoms with Gasteiger partial charge in [0.05, 0.1) is 11.5 Å². The van der Waals surface area contributed by atoms with E-state index in [2.05, 4.69) is 0 Å². The number of sulfone groups is 1. The van der Waals surface area contributed by atoms with E-state index >= 15 is 0 Å². The molecule has 118 valence electrons. The lowest BCUT2D eigenvalue weighted by Crippen LogP contribution is -2.47. The molecule has 6 heteroatoms. The van der Waals surface area contributed by atoms with Crippen molar-refractivity contribution in [2.45, 2.75) is 41.0 Å². The molecule has 2 rings (SSSR count). The van der Waals surface area contributed by atoms with Crippen molar-refractivity contribution in [1.82, 2.24) is 0 Å². The first-order valence-corrected chi connectivity index (χ1v) is 10.1. The largest absolute Gasteiger partial charge is 0.394 e. The highest BCUT2D eigenvalue weighted by molar-refractivity contribution is 7.99. The average Bonchev–Trinajstić information content (AvgIpc) is 2.81. The normalized spacial score (nSPS) is 26.1. The summed E-state index contributed by atoms with van der Waals surface area (Å²) in [6.07, 6.45) is 5.28. The van der Waals surface area contributed by atoms with Gasteiger partial charge in [0.1, 0.15) is 0 Å². The van der Waals surface area contributed by atoms with Gasteiger partial charge >= 0.3 is 0 Å². The lowest BCUT2D eigenvalue weighted by Gasteiger charge is -2.29. The number of hydrogen-bond acceptors (Lipinski definition) is 5. The van der Waals surface area contributed by atoms with E-state index in [0.717, 1.165) is 36.3 Å². The summed E-state index contributed by atoms with van der Waals surface area (Å²) >= 11 is 1.71. The molecule has 1 fully saturated rings. The Labute approximate surface area is 131 Å². The molecule has 2 atom stereocenters. The zero-order valence-corrected chi connectivity index (χ0v) is 13.9. The number of aliphatic hydroxyl groups is 1. The van der Waals surface area contributed by atoms with Gasteiger partial charge in [-0.2, -0.15) is 0 Å². The molecule has 0 aromatic heterocycles. The SMILES string of the molecule is CS(=O)(=O)c1ccc(SCCC2CCCC2(N)CO)cc1. The minimum Gasteiger partial charge on any atom is -0.394 e. The number of nitrogens with two attached hydrogens (primary N) is 1. The van der Waals surface area contributed by atoms with Gasteiger partial charge in [-0.1, -0.05) is 6.42 Å². The van der Waals surface area contributed by atoms with Crippen LogP contribution in [0.15, 0.2) is 34.1 Å². The third-order valence-electron chi connectivity index (χ3n) is 4.29. The molecule has 0 aliphatic heterocycles. The van der Waals surface area contributed by atoms with Gasteiger partial charge in [0.25, 0.3) is 0 Å². The van der Waals surface area contributed by atoms with E-state index in [1.54, 1.807) is 23.9 Å². The van der Waals surface area contributed by atoms with Gasteiger partial charge in [-0.25, -0.2) is 8.42 Å². The van der Waals surface area contributed by atoms with Gasteiger partial charge in [0, 0.05) is 16.7 Å². The Kier molecular flexibility index (Phi) is 5.35. The van der Waals surface area contributed by atoms with E-state index in [4.69, 9.17) is 5.73 Å². The molecular weight excluding hydrogens is 306 g/mol. The fraction of sp³-hybridized carbons (Fsp3) is 0.600. The van der Waals surface area contributed by atoms with Crippen LogP contribution in [-0.4, -0.2) is 37.7 Å². The van der Waals surface area contributed by atoms with Crippen LogP contribution in [-0.2, 0) is 9.84 Å². The first-order valence-electron chi connectivity index (χ1n) is 7.18. The van der Waals surface area contributed by atoms with Crippen molar-refractivity contribution in [3.05, 3.63) is 24.3 Å². The lowest BCUT2D eigenvalue weighted by molar-refractivity contribution is 0.158. The van der Waals surface area contributed by atoms with Crippen molar-refractivity contribution in [1.29, 1.82) is 0 Å². The second-order valence-corrected chi connectivity index (χ2v) is 9.05. The van der Waals surface area contributed by atoms with Crippen molar-refractivity contribution >= 4 is 21.6 Å². The molecule has 2 unspecified atom stereocenters. The minimum absolute atomic E-state index is 0.0609. The summed E-state index contributed by atoms with van der Waals surface area (Å²) in [5.74, 6) is 1.31. The first-order chi connectivity index (χ1) is 9.85. The highest BCUT2D eigenvalue weighted by Gasteiger charge is 2.38. The van der Waals surface area contributed by atoms with Crippen LogP contribution >= 0.6 is 11.8 Å². The predicted octanol–water partition coefficient (Wildman–Crippen LogP) is 2.06. The molecule has 0 bridgehead atoms. The fourth-order valence-corrected chi connectivity index (χ4v) is 4.51. The number of hydrogen-bond donors (Lipinski definition) is 2. The molecule has 0 saturated heterocycles. The summed E-state index contributed by atoms with van der Waals surface area (Å²) < 4.78 is 22.8. The summed E-state index contributed by atoms with van der Waals surface area (Å²) in [6, 6.07) is 6.98. The summed E-state index contributed by atoms with van der Waals surface area (Å²) in [4.78, 5) is 1.41. The Balaban J connectivity index is 1.87. The van der Waals surface area contributed by atoms with Crippen LogP contribution in [0.5, 0.6) is 0 Å². The topological polar surface area (TPSA) is 80.4 Å². The molecule has 4 nitrogen and oxygen atoms in total. The molecule has 1 aliphatic carbocycles. The molecule has 21 heavy (non-hydrogen) atoms. The monoisotopic (exact) mass is 329 g/mol.